The Bertz CT molecular complexity index is 788. The van der Waals surface area contributed by atoms with Gasteiger partial charge in [-0.15, -0.1) is 0 Å². The second-order valence-corrected chi connectivity index (χ2v) is 5.91. The summed E-state index contributed by atoms with van der Waals surface area (Å²) in [6.45, 7) is 4.99. The van der Waals surface area contributed by atoms with Crippen molar-refractivity contribution >= 4 is 11.0 Å². The SMILES string of the molecule is Cc1nc2ccccc2nc1CN(C)C(C)Cc1cnccn1. The van der Waals surface area contributed by atoms with E-state index in [1.807, 2.05) is 37.4 Å². The van der Waals surface area contributed by atoms with Crippen molar-refractivity contribution in [1.82, 2.24) is 24.8 Å². The summed E-state index contributed by atoms with van der Waals surface area (Å²) in [6, 6.07) is 8.34. The Morgan fingerprint density at radius 1 is 1.09 bits per heavy atom. The van der Waals surface area contributed by atoms with Crippen LogP contribution in [0.3, 0.4) is 0 Å². The lowest BCUT2D eigenvalue weighted by molar-refractivity contribution is 0.243. The molecule has 3 rings (SSSR count). The summed E-state index contributed by atoms with van der Waals surface area (Å²) in [6.07, 6.45) is 6.13. The zero-order chi connectivity index (χ0) is 16.2. The zero-order valence-electron chi connectivity index (χ0n) is 13.8. The molecule has 0 saturated carbocycles. The average Bonchev–Trinajstić information content (AvgIpc) is 2.56. The van der Waals surface area contributed by atoms with Gasteiger partial charge in [-0.3, -0.25) is 14.9 Å². The number of nitrogens with zero attached hydrogens (tertiary/aromatic N) is 5. The summed E-state index contributed by atoms with van der Waals surface area (Å²) < 4.78 is 0. The number of aromatic nitrogens is 4. The fourth-order valence-corrected chi connectivity index (χ4v) is 2.56. The van der Waals surface area contributed by atoms with E-state index >= 15 is 0 Å². The maximum absolute atomic E-state index is 4.77. The molecule has 0 radical (unpaired) electrons. The van der Waals surface area contributed by atoms with Gasteiger partial charge < -0.3 is 0 Å². The molecule has 2 aromatic heterocycles. The van der Waals surface area contributed by atoms with Gasteiger partial charge in [0, 0.05) is 37.6 Å². The number of para-hydroxylation sites is 2. The van der Waals surface area contributed by atoms with Gasteiger partial charge in [-0.05, 0) is 33.0 Å². The number of likely N-dealkylation sites (N-methyl/N-ethyl adjacent to an activating group) is 1. The Labute approximate surface area is 136 Å². The molecule has 0 bridgehead atoms. The summed E-state index contributed by atoms with van der Waals surface area (Å²) in [5.41, 5.74) is 4.92. The van der Waals surface area contributed by atoms with Crippen LogP contribution in [-0.2, 0) is 13.0 Å². The summed E-state index contributed by atoms with van der Waals surface area (Å²) in [5.74, 6) is 0. The smallest absolute Gasteiger partial charge is 0.0890 e. The third kappa shape index (κ3) is 3.68. The van der Waals surface area contributed by atoms with E-state index in [2.05, 4.69) is 33.8 Å². The predicted octanol–water partition coefficient (Wildman–Crippen LogP) is 2.79. The maximum atomic E-state index is 4.77. The first-order valence-corrected chi connectivity index (χ1v) is 7.81. The molecule has 2 heterocycles. The molecule has 23 heavy (non-hydrogen) atoms. The number of rotatable bonds is 5. The first-order chi connectivity index (χ1) is 11.1. The van der Waals surface area contributed by atoms with Crippen molar-refractivity contribution in [3.05, 3.63) is 59.9 Å². The number of fused-ring (bicyclic) bond motifs is 1. The molecule has 0 N–H and O–H groups in total. The molecule has 1 atom stereocenters. The lowest BCUT2D eigenvalue weighted by Gasteiger charge is -2.24. The third-order valence-electron chi connectivity index (χ3n) is 4.12. The minimum Gasteiger partial charge on any atom is -0.297 e. The van der Waals surface area contributed by atoms with Gasteiger partial charge >= 0.3 is 0 Å². The van der Waals surface area contributed by atoms with E-state index in [-0.39, 0.29) is 0 Å². The van der Waals surface area contributed by atoms with Crippen molar-refractivity contribution in [2.24, 2.45) is 0 Å². The van der Waals surface area contributed by atoms with Crippen molar-refractivity contribution in [1.29, 1.82) is 0 Å². The highest BCUT2D eigenvalue weighted by atomic mass is 15.1. The average molecular weight is 307 g/mol. The second-order valence-electron chi connectivity index (χ2n) is 5.91. The summed E-state index contributed by atoms with van der Waals surface area (Å²) >= 11 is 0. The standard InChI is InChI=1S/C18H21N5/c1-13(10-15-11-19-8-9-20-15)23(3)12-18-14(2)21-16-6-4-5-7-17(16)22-18/h4-9,11,13H,10,12H2,1-3H3. The van der Waals surface area contributed by atoms with Gasteiger partial charge in [0.15, 0.2) is 0 Å². The Kier molecular flexibility index (Phi) is 4.57. The van der Waals surface area contributed by atoms with E-state index in [9.17, 15) is 0 Å². The Hall–Kier alpha value is -2.40. The number of hydrogen-bond donors (Lipinski definition) is 0. The molecule has 1 aromatic carbocycles. The highest BCUT2D eigenvalue weighted by molar-refractivity contribution is 5.74. The molecule has 3 aromatic rings. The molecular weight excluding hydrogens is 286 g/mol. The summed E-state index contributed by atoms with van der Waals surface area (Å²) in [4.78, 5) is 20.2. The van der Waals surface area contributed by atoms with Crippen LogP contribution in [0.1, 0.15) is 24.0 Å². The van der Waals surface area contributed by atoms with Crippen LogP contribution in [0.2, 0.25) is 0 Å². The van der Waals surface area contributed by atoms with Gasteiger partial charge in [0.25, 0.3) is 0 Å². The van der Waals surface area contributed by atoms with E-state index in [1.165, 1.54) is 0 Å². The van der Waals surface area contributed by atoms with Crippen LogP contribution in [0.25, 0.3) is 11.0 Å². The van der Waals surface area contributed by atoms with Crippen LogP contribution in [0.15, 0.2) is 42.9 Å². The molecule has 0 spiro atoms. The fraction of sp³-hybridized carbons (Fsp3) is 0.333. The number of benzene rings is 1. The molecule has 0 aliphatic heterocycles. The summed E-state index contributed by atoms with van der Waals surface area (Å²) in [7, 11) is 2.11. The predicted molar refractivity (Wildman–Crippen MR) is 90.9 cm³/mol. The van der Waals surface area contributed by atoms with Crippen molar-refractivity contribution in [3.63, 3.8) is 0 Å². The van der Waals surface area contributed by atoms with Crippen LogP contribution >= 0.6 is 0 Å². The molecule has 5 nitrogen and oxygen atoms in total. The van der Waals surface area contributed by atoms with Crippen molar-refractivity contribution in [2.45, 2.75) is 32.9 Å². The molecule has 118 valence electrons. The summed E-state index contributed by atoms with van der Waals surface area (Å²) in [5, 5.41) is 0. The van der Waals surface area contributed by atoms with E-state index in [1.54, 1.807) is 12.4 Å². The largest absolute Gasteiger partial charge is 0.297 e. The van der Waals surface area contributed by atoms with Crippen LogP contribution in [0, 0.1) is 6.92 Å². The van der Waals surface area contributed by atoms with Gasteiger partial charge in [0.2, 0.25) is 0 Å². The molecule has 5 heteroatoms. The van der Waals surface area contributed by atoms with Gasteiger partial charge in [0.05, 0.1) is 28.1 Å². The first-order valence-electron chi connectivity index (χ1n) is 7.81. The molecule has 0 amide bonds. The van der Waals surface area contributed by atoms with Gasteiger partial charge in [-0.25, -0.2) is 9.97 Å². The third-order valence-corrected chi connectivity index (χ3v) is 4.12. The van der Waals surface area contributed by atoms with Gasteiger partial charge in [0.1, 0.15) is 0 Å². The molecular formula is C18H21N5. The highest BCUT2D eigenvalue weighted by Gasteiger charge is 2.14. The van der Waals surface area contributed by atoms with Crippen LogP contribution in [-0.4, -0.2) is 37.9 Å². The molecule has 0 aliphatic carbocycles. The molecule has 0 fully saturated rings. The van der Waals surface area contributed by atoms with Crippen LogP contribution in [0.5, 0.6) is 0 Å². The minimum absolute atomic E-state index is 0.347. The molecule has 0 aliphatic rings. The quantitative estimate of drug-likeness (QED) is 0.725. The molecule has 0 saturated heterocycles. The Morgan fingerprint density at radius 2 is 1.83 bits per heavy atom. The first kappa shape index (κ1) is 15.5. The van der Waals surface area contributed by atoms with E-state index in [0.29, 0.717) is 6.04 Å². The zero-order valence-corrected chi connectivity index (χ0v) is 13.8. The minimum atomic E-state index is 0.347. The van der Waals surface area contributed by atoms with Crippen molar-refractivity contribution < 1.29 is 0 Å². The van der Waals surface area contributed by atoms with E-state index in [4.69, 9.17) is 4.98 Å². The lowest BCUT2D eigenvalue weighted by Crippen LogP contribution is -2.31. The molecule has 1 unspecified atom stereocenters. The van der Waals surface area contributed by atoms with E-state index < -0.39 is 0 Å². The monoisotopic (exact) mass is 307 g/mol. The normalized spacial score (nSPS) is 12.7. The maximum Gasteiger partial charge on any atom is 0.0890 e. The van der Waals surface area contributed by atoms with Crippen molar-refractivity contribution in [3.8, 4) is 0 Å². The fourth-order valence-electron chi connectivity index (χ4n) is 2.56. The van der Waals surface area contributed by atoms with Crippen LogP contribution in [0.4, 0.5) is 0 Å². The Morgan fingerprint density at radius 3 is 2.52 bits per heavy atom. The van der Waals surface area contributed by atoms with Gasteiger partial charge in [-0.1, -0.05) is 12.1 Å². The lowest BCUT2D eigenvalue weighted by atomic mass is 10.1. The van der Waals surface area contributed by atoms with Gasteiger partial charge in [-0.2, -0.15) is 0 Å². The second kappa shape index (κ2) is 6.79. The number of aryl methyl sites for hydroxylation is 1. The number of hydrogen-bond acceptors (Lipinski definition) is 5. The van der Waals surface area contributed by atoms with E-state index in [0.717, 1.165) is 41.1 Å². The Balaban J connectivity index is 1.74. The topological polar surface area (TPSA) is 54.8 Å². The highest BCUT2D eigenvalue weighted by Crippen LogP contribution is 2.15. The van der Waals surface area contributed by atoms with Crippen LogP contribution < -0.4 is 0 Å². The van der Waals surface area contributed by atoms with Crippen molar-refractivity contribution in [2.75, 3.05) is 7.05 Å².